The first-order valence-corrected chi connectivity index (χ1v) is 8.32. The number of benzene rings is 1. The van der Waals surface area contributed by atoms with Gasteiger partial charge in [-0.1, -0.05) is 24.6 Å². The molecule has 2 nitrogen and oxygen atoms in total. The molecule has 1 aliphatic rings. The third kappa shape index (κ3) is 5.07. The van der Waals surface area contributed by atoms with Crippen LogP contribution in [0.1, 0.15) is 25.3 Å². The molecule has 1 aromatic carbocycles. The molecule has 0 aromatic heterocycles. The molecule has 1 N–H and O–H groups in total. The summed E-state index contributed by atoms with van der Waals surface area (Å²) in [6.07, 6.45) is 2.65. The molecule has 0 amide bonds. The molecule has 1 aromatic rings. The maximum atomic E-state index is 5.77. The van der Waals surface area contributed by atoms with Crippen molar-refractivity contribution in [1.29, 1.82) is 0 Å². The number of hydrogen-bond acceptors (Lipinski definition) is 3. The molecule has 1 fully saturated rings. The summed E-state index contributed by atoms with van der Waals surface area (Å²) in [6.45, 7) is 7.65. The van der Waals surface area contributed by atoms with Crippen LogP contribution >= 0.6 is 11.8 Å². The van der Waals surface area contributed by atoms with Gasteiger partial charge >= 0.3 is 0 Å². The Kier molecular flexibility index (Phi) is 6.05. The summed E-state index contributed by atoms with van der Waals surface area (Å²) < 4.78 is 5.77. The van der Waals surface area contributed by atoms with Gasteiger partial charge in [0.1, 0.15) is 5.75 Å². The highest BCUT2D eigenvalue weighted by Gasteiger charge is 2.19. The highest BCUT2D eigenvalue weighted by atomic mass is 32.2. The van der Waals surface area contributed by atoms with Gasteiger partial charge in [-0.05, 0) is 50.9 Å². The summed E-state index contributed by atoms with van der Waals surface area (Å²) in [4.78, 5) is 0. The van der Waals surface area contributed by atoms with Crippen molar-refractivity contribution >= 4 is 11.8 Å². The van der Waals surface area contributed by atoms with Crippen LogP contribution in [-0.4, -0.2) is 30.7 Å². The Hall–Kier alpha value is -0.670. The highest BCUT2D eigenvalue weighted by Crippen LogP contribution is 2.26. The summed E-state index contributed by atoms with van der Waals surface area (Å²) in [5.41, 5.74) is 1.28. The normalized spacial score (nSPS) is 18.2. The molecule has 2 rings (SSSR count). The zero-order chi connectivity index (χ0) is 13.5. The van der Waals surface area contributed by atoms with E-state index in [9.17, 15) is 0 Å². The maximum absolute atomic E-state index is 5.77. The molecule has 106 valence electrons. The number of ether oxygens (including phenoxy) is 1. The van der Waals surface area contributed by atoms with Gasteiger partial charge in [-0.15, -0.1) is 0 Å². The Morgan fingerprint density at radius 2 is 1.95 bits per heavy atom. The number of hydrogen-bond donors (Lipinski definition) is 1. The fraction of sp³-hybridized carbons (Fsp3) is 0.625. The monoisotopic (exact) mass is 279 g/mol. The molecule has 19 heavy (non-hydrogen) atoms. The second kappa shape index (κ2) is 7.81. The third-order valence-corrected chi connectivity index (χ3v) is 5.11. The minimum Gasteiger partial charge on any atom is -0.493 e. The standard InChI is InChI=1S/C16H25NOS/c1-13-3-5-16(6-4-13)18-11-12-19-14(2)15-7-9-17-10-8-15/h3-6,14-15,17H,7-12H2,1-2H3. The second-order valence-corrected chi connectivity index (χ2v) is 6.81. The predicted octanol–water partition coefficient (Wildman–Crippen LogP) is 3.50. The van der Waals surface area contributed by atoms with Gasteiger partial charge in [0, 0.05) is 11.0 Å². The summed E-state index contributed by atoms with van der Waals surface area (Å²) in [7, 11) is 0. The Morgan fingerprint density at radius 1 is 1.26 bits per heavy atom. The van der Waals surface area contributed by atoms with Crippen molar-refractivity contribution in [3.63, 3.8) is 0 Å². The first-order valence-electron chi connectivity index (χ1n) is 7.27. The van der Waals surface area contributed by atoms with Crippen molar-refractivity contribution in [2.24, 2.45) is 5.92 Å². The maximum Gasteiger partial charge on any atom is 0.119 e. The van der Waals surface area contributed by atoms with Crippen molar-refractivity contribution in [2.45, 2.75) is 31.9 Å². The second-order valence-electron chi connectivity index (χ2n) is 5.32. The molecule has 1 atom stereocenters. The molecule has 1 saturated heterocycles. The van der Waals surface area contributed by atoms with Crippen LogP contribution in [-0.2, 0) is 0 Å². The fourth-order valence-electron chi connectivity index (χ4n) is 2.48. The van der Waals surface area contributed by atoms with E-state index in [1.807, 2.05) is 0 Å². The first-order chi connectivity index (χ1) is 9.25. The molecule has 0 saturated carbocycles. The molecule has 0 spiro atoms. The SMILES string of the molecule is Cc1ccc(OCCSC(C)C2CCNCC2)cc1. The predicted molar refractivity (Wildman–Crippen MR) is 84.2 cm³/mol. The molecule has 1 unspecified atom stereocenters. The van der Waals surface area contributed by atoms with Gasteiger partial charge in [0.05, 0.1) is 6.61 Å². The van der Waals surface area contributed by atoms with E-state index in [-0.39, 0.29) is 0 Å². The van der Waals surface area contributed by atoms with Crippen molar-refractivity contribution in [2.75, 3.05) is 25.4 Å². The molecule has 0 radical (unpaired) electrons. The van der Waals surface area contributed by atoms with Gasteiger partial charge in [-0.3, -0.25) is 0 Å². The lowest BCUT2D eigenvalue weighted by molar-refractivity contribution is 0.342. The van der Waals surface area contributed by atoms with E-state index in [0.717, 1.165) is 29.3 Å². The fourth-order valence-corrected chi connectivity index (χ4v) is 3.57. The smallest absolute Gasteiger partial charge is 0.119 e. The van der Waals surface area contributed by atoms with E-state index in [0.29, 0.717) is 0 Å². The van der Waals surface area contributed by atoms with Crippen molar-refractivity contribution in [3.05, 3.63) is 29.8 Å². The largest absolute Gasteiger partial charge is 0.493 e. The van der Waals surface area contributed by atoms with Gasteiger partial charge in [0.25, 0.3) is 0 Å². The van der Waals surface area contributed by atoms with E-state index in [4.69, 9.17) is 4.74 Å². The van der Waals surface area contributed by atoms with Crippen molar-refractivity contribution in [3.8, 4) is 5.75 Å². The summed E-state index contributed by atoms with van der Waals surface area (Å²) in [6, 6.07) is 8.30. The van der Waals surface area contributed by atoms with E-state index in [1.54, 1.807) is 0 Å². The lowest BCUT2D eigenvalue weighted by atomic mass is 9.95. The van der Waals surface area contributed by atoms with Crippen molar-refractivity contribution < 1.29 is 4.74 Å². The molecule has 3 heteroatoms. The van der Waals surface area contributed by atoms with Gasteiger partial charge in [-0.2, -0.15) is 11.8 Å². The number of thioether (sulfide) groups is 1. The van der Waals surface area contributed by atoms with Crippen molar-refractivity contribution in [1.82, 2.24) is 5.32 Å². The summed E-state index contributed by atoms with van der Waals surface area (Å²) in [5, 5.41) is 4.18. The minimum absolute atomic E-state index is 0.753. The summed E-state index contributed by atoms with van der Waals surface area (Å²) in [5.74, 6) is 2.95. The van der Waals surface area contributed by atoms with Crippen LogP contribution in [0.2, 0.25) is 0 Å². The van der Waals surface area contributed by atoms with E-state index in [2.05, 4.69) is 55.2 Å². The highest BCUT2D eigenvalue weighted by molar-refractivity contribution is 7.99. The lowest BCUT2D eigenvalue weighted by Gasteiger charge is -2.27. The molecule has 0 aliphatic carbocycles. The van der Waals surface area contributed by atoms with Crippen LogP contribution < -0.4 is 10.1 Å². The quantitative estimate of drug-likeness (QED) is 0.805. The summed E-state index contributed by atoms with van der Waals surface area (Å²) >= 11 is 2.05. The number of nitrogens with one attached hydrogen (secondary N) is 1. The number of aryl methyl sites for hydroxylation is 1. The Morgan fingerprint density at radius 3 is 2.63 bits per heavy atom. The minimum atomic E-state index is 0.753. The first kappa shape index (κ1) is 14.7. The Labute approximate surface area is 121 Å². The van der Waals surface area contributed by atoms with Gasteiger partial charge in [0.15, 0.2) is 0 Å². The Balaban J connectivity index is 1.62. The zero-order valence-corrected chi connectivity index (χ0v) is 12.8. The molecular weight excluding hydrogens is 254 g/mol. The van der Waals surface area contributed by atoms with Crippen LogP contribution in [0.4, 0.5) is 0 Å². The van der Waals surface area contributed by atoms with Gasteiger partial charge in [-0.25, -0.2) is 0 Å². The van der Waals surface area contributed by atoms with Crippen LogP contribution in [0.25, 0.3) is 0 Å². The average molecular weight is 279 g/mol. The van der Waals surface area contributed by atoms with Crippen LogP contribution in [0.3, 0.4) is 0 Å². The lowest BCUT2D eigenvalue weighted by Crippen LogP contribution is -2.32. The average Bonchev–Trinajstić information content (AvgIpc) is 2.46. The zero-order valence-electron chi connectivity index (χ0n) is 12.0. The number of piperidine rings is 1. The van der Waals surface area contributed by atoms with Crippen LogP contribution in [0.15, 0.2) is 24.3 Å². The third-order valence-electron chi connectivity index (χ3n) is 3.80. The topological polar surface area (TPSA) is 21.3 Å². The molecule has 1 heterocycles. The molecule has 1 aliphatic heterocycles. The Bertz CT molecular complexity index is 360. The van der Waals surface area contributed by atoms with Crippen LogP contribution in [0, 0.1) is 12.8 Å². The van der Waals surface area contributed by atoms with E-state index < -0.39 is 0 Å². The van der Waals surface area contributed by atoms with Crippen LogP contribution in [0.5, 0.6) is 5.75 Å². The van der Waals surface area contributed by atoms with Gasteiger partial charge < -0.3 is 10.1 Å². The van der Waals surface area contributed by atoms with E-state index >= 15 is 0 Å². The van der Waals surface area contributed by atoms with Gasteiger partial charge in [0.2, 0.25) is 0 Å². The van der Waals surface area contributed by atoms with E-state index in [1.165, 1.54) is 31.5 Å². The molecule has 0 bridgehead atoms. The number of rotatable bonds is 6. The molecular formula is C16H25NOS.